The second kappa shape index (κ2) is 11.8. The Morgan fingerprint density at radius 2 is 1.60 bits per heavy atom. The van der Waals surface area contributed by atoms with Crippen molar-refractivity contribution in [1.82, 2.24) is 10.2 Å². The third kappa shape index (κ3) is 6.76. The predicted octanol–water partition coefficient (Wildman–Crippen LogP) is 4.89. The summed E-state index contributed by atoms with van der Waals surface area (Å²) < 4.78 is 13.2. The standard InChI is InChI=1S/C29H32FN3O2/c1-22(34)33(27-10-6-3-7-11-27)21-24-12-17-28(32(20-24)19-23-8-4-2-5-9-23)18-31-29(35)25-13-15-26(30)16-14-25/h2-11,13-16,24,28H,12,17-21H2,1H3,(H,31,35)/t24-,28+/m1/s1. The van der Waals surface area contributed by atoms with Gasteiger partial charge in [-0.2, -0.15) is 0 Å². The van der Waals surface area contributed by atoms with Crippen LogP contribution in [-0.2, 0) is 11.3 Å². The van der Waals surface area contributed by atoms with Crippen molar-refractivity contribution in [2.75, 3.05) is 24.5 Å². The first-order valence-corrected chi connectivity index (χ1v) is 12.1. The molecule has 5 nitrogen and oxygen atoms in total. The minimum absolute atomic E-state index is 0.0412. The van der Waals surface area contributed by atoms with E-state index >= 15 is 0 Å². The van der Waals surface area contributed by atoms with Crippen LogP contribution in [0, 0.1) is 11.7 Å². The molecule has 35 heavy (non-hydrogen) atoms. The van der Waals surface area contributed by atoms with Gasteiger partial charge in [0.2, 0.25) is 5.91 Å². The molecule has 0 radical (unpaired) electrons. The normalized spacial score (nSPS) is 18.1. The second-order valence-electron chi connectivity index (χ2n) is 9.19. The van der Waals surface area contributed by atoms with Crippen molar-refractivity contribution in [2.24, 2.45) is 5.92 Å². The highest BCUT2D eigenvalue weighted by Gasteiger charge is 2.30. The number of hydrogen-bond donors (Lipinski definition) is 1. The summed E-state index contributed by atoms with van der Waals surface area (Å²) in [6.45, 7) is 4.41. The van der Waals surface area contributed by atoms with E-state index in [1.165, 1.54) is 29.8 Å². The van der Waals surface area contributed by atoms with Gasteiger partial charge in [0.05, 0.1) is 0 Å². The summed E-state index contributed by atoms with van der Waals surface area (Å²) in [5.41, 5.74) is 2.59. The van der Waals surface area contributed by atoms with Crippen LogP contribution < -0.4 is 10.2 Å². The molecule has 3 aromatic carbocycles. The van der Waals surface area contributed by atoms with Crippen LogP contribution >= 0.6 is 0 Å². The topological polar surface area (TPSA) is 52.7 Å². The average molecular weight is 474 g/mol. The number of para-hydroxylation sites is 1. The van der Waals surface area contributed by atoms with Gasteiger partial charge in [-0.1, -0.05) is 48.5 Å². The maximum atomic E-state index is 13.2. The summed E-state index contributed by atoms with van der Waals surface area (Å²) in [6, 6.07) is 25.9. The van der Waals surface area contributed by atoms with Crippen LogP contribution in [-0.4, -0.2) is 42.4 Å². The summed E-state index contributed by atoms with van der Waals surface area (Å²) in [7, 11) is 0. The van der Waals surface area contributed by atoms with Crippen LogP contribution in [0.4, 0.5) is 10.1 Å². The predicted molar refractivity (Wildman–Crippen MR) is 137 cm³/mol. The Kier molecular flexibility index (Phi) is 8.27. The molecule has 1 aliphatic rings. The molecular formula is C29H32FN3O2. The van der Waals surface area contributed by atoms with Crippen molar-refractivity contribution in [1.29, 1.82) is 0 Å². The Bertz CT molecular complexity index is 1110. The van der Waals surface area contributed by atoms with Crippen molar-refractivity contribution in [3.63, 3.8) is 0 Å². The van der Waals surface area contributed by atoms with Gasteiger partial charge in [0.1, 0.15) is 5.82 Å². The molecule has 2 atom stereocenters. The highest BCUT2D eigenvalue weighted by atomic mass is 19.1. The van der Waals surface area contributed by atoms with E-state index in [0.717, 1.165) is 31.6 Å². The van der Waals surface area contributed by atoms with E-state index in [1.54, 1.807) is 6.92 Å². The van der Waals surface area contributed by atoms with E-state index in [4.69, 9.17) is 0 Å². The van der Waals surface area contributed by atoms with E-state index in [1.807, 2.05) is 53.4 Å². The van der Waals surface area contributed by atoms with E-state index < -0.39 is 0 Å². The number of carbonyl (C=O) groups excluding carboxylic acids is 2. The van der Waals surface area contributed by atoms with Gasteiger partial charge < -0.3 is 10.2 Å². The number of carbonyl (C=O) groups is 2. The number of amides is 2. The van der Waals surface area contributed by atoms with E-state index in [2.05, 4.69) is 22.3 Å². The number of hydrogen-bond acceptors (Lipinski definition) is 3. The minimum Gasteiger partial charge on any atom is -0.350 e. The van der Waals surface area contributed by atoms with Crippen molar-refractivity contribution in [2.45, 2.75) is 32.4 Å². The van der Waals surface area contributed by atoms with E-state index in [0.29, 0.717) is 24.6 Å². The van der Waals surface area contributed by atoms with Crippen molar-refractivity contribution in [3.05, 3.63) is 102 Å². The van der Waals surface area contributed by atoms with Gasteiger partial charge in [0, 0.05) is 50.4 Å². The number of halogens is 1. The van der Waals surface area contributed by atoms with Crippen molar-refractivity contribution < 1.29 is 14.0 Å². The van der Waals surface area contributed by atoms with Crippen molar-refractivity contribution >= 4 is 17.5 Å². The van der Waals surface area contributed by atoms with Crippen LogP contribution in [0.1, 0.15) is 35.7 Å². The van der Waals surface area contributed by atoms with Crippen LogP contribution in [0.3, 0.4) is 0 Å². The lowest BCUT2D eigenvalue weighted by Crippen LogP contribution is -2.50. The molecule has 0 aliphatic carbocycles. The Labute approximate surface area is 206 Å². The van der Waals surface area contributed by atoms with Crippen LogP contribution in [0.2, 0.25) is 0 Å². The third-order valence-corrected chi connectivity index (χ3v) is 6.64. The summed E-state index contributed by atoms with van der Waals surface area (Å²) >= 11 is 0. The number of benzene rings is 3. The zero-order valence-electron chi connectivity index (χ0n) is 20.1. The zero-order valence-corrected chi connectivity index (χ0v) is 20.1. The van der Waals surface area contributed by atoms with Gasteiger partial charge in [-0.05, 0) is 60.7 Å². The molecule has 0 spiro atoms. The Hall–Kier alpha value is -3.51. The third-order valence-electron chi connectivity index (χ3n) is 6.64. The van der Waals surface area contributed by atoms with Crippen LogP contribution in [0.25, 0.3) is 0 Å². The molecule has 0 bridgehead atoms. The highest BCUT2D eigenvalue weighted by molar-refractivity contribution is 5.94. The molecule has 0 saturated carbocycles. The molecule has 0 aromatic heterocycles. The van der Waals surface area contributed by atoms with Crippen LogP contribution in [0.15, 0.2) is 84.9 Å². The molecule has 1 aliphatic heterocycles. The minimum atomic E-state index is -0.357. The van der Waals surface area contributed by atoms with Crippen LogP contribution in [0.5, 0.6) is 0 Å². The van der Waals surface area contributed by atoms with Gasteiger partial charge in [0.25, 0.3) is 5.91 Å². The lowest BCUT2D eigenvalue weighted by atomic mass is 9.91. The number of rotatable bonds is 8. The fourth-order valence-corrected chi connectivity index (χ4v) is 4.77. The molecule has 1 fully saturated rings. The fourth-order valence-electron chi connectivity index (χ4n) is 4.77. The van der Waals surface area contributed by atoms with E-state index in [9.17, 15) is 14.0 Å². The molecule has 3 aromatic rings. The molecule has 182 valence electrons. The smallest absolute Gasteiger partial charge is 0.251 e. The Morgan fingerprint density at radius 3 is 2.26 bits per heavy atom. The average Bonchev–Trinajstić information content (AvgIpc) is 2.88. The molecule has 2 amide bonds. The first-order chi connectivity index (χ1) is 17.0. The molecule has 6 heteroatoms. The number of likely N-dealkylation sites (tertiary alicyclic amines) is 1. The maximum absolute atomic E-state index is 13.2. The van der Waals surface area contributed by atoms with Gasteiger partial charge >= 0.3 is 0 Å². The molecule has 1 N–H and O–H groups in total. The molecule has 1 heterocycles. The fraction of sp³-hybridized carbons (Fsp3) is 0.310. The van der Waals surface area contributed by atoms with Gasteiger partial charge in [0.15, 0.2) is 0 Å². The Balaban J connectivity index is 1.44. The molecular weight excluding hydrogens is 441 g/mol. The van der Waals surface area contributed by atoms with Gasteiger partial charge in [-0.15, -0.1) is 0 Å². The monoisotopic (exact) mass is 473 g/mol. The molecule has 4 rings (SSSR count). The quantitative estimate of drug-likeness (QED) is 0.507. The summed E-state index contributed by atoms with van der Waals surface area (Å²) in [6.07, 6.45) is 1.89. The highest BCUT2D eigenvalue weighted by Crippen LogP contribution is 2.26. The lowest BCUT2D eigenvalue weighted by Gasteiger charge is -2.41. The molecule has 0 unspecified atom stereocenters. The van der Waals surface area contributed by atoms with Gasteiger partial charge in [-0.3, -0.25) is 14.5 Å². The van der Waals surface area contributed by atoms with Gasteiger partial charge in [-0.25, -0.2) is 4.39 Å². The maximum Gasteiger partial charge on any atom is 0.251 e. The summed E-state index contributed by atoms with van der Waals surface area (Å²) in [4.78, 5) is 29.3. The van der Waals surface area contributed by atoms with Crippen molar-refractivity contribution in [3.8, 4) is 0 Å². The number of nitrogens with zero attached hydrogens (tertiary/aromatic N) is 2. The first-order valence-electron chi connectivity index (χ1n) is 12.1. The summed E-state index contributed by atoms with van der Waals surface area (Å²) in [5, 5.41) is 3.04. The molecule has 1 saturated heterocycles. The number of piperidine rings is 1. The summed E-state index contributed by atoms with van der Waals surface area (Å²) in [5.74, 6) is -0.186. The largest absolute Gasteiger partial charge is 0.350 e. The second-order valence-corrected chi connectivity index (χ2v) is 9.19. The number of nitrogens with one attached hydrogen (secondary N) is 1. The zero-order chi connectivity index (χ0) is 24.6. The Morgan fingerprint density at radius 1 is 0.943 bits per heavy atom. The number of anilines is 1. The van der Waals surface area contributed by atoms with E-state index in [-0.39, 0.29) is 23.7 Å². The first kappa shape index (κ1) is 24.6. The lowest BCUT2D eigenvalue weighted by molar-refractivity contribution is -0.116. The SMILES string of the molecule is CC(=O)N(C[C@@H]1CC[C@@H](CNC(=O)c2ccc(F)cc2)N(Cc2ccccc2)C1)c1ccccc1.